The molecule has 1 aliphatic heterocycles. The minimum Gasteiger partial charge on any atom is -0.368 e. The zero-order chi connectivity index (χ0) is 14.7. The van der Waals surface area contributed by atoms with Gasteiger partial charge in [-0.2, -0.15) is 0 Å². The molecule has 1 fully saturated rings. The normalized spacial score (nSPS) is 29.2. The lowest BCUT2D eigenvalue weighted by Gasteiger charge is -2.44. The Morgan fingerprint density at radius 1 is 1.38 bits per heavy atom. The molecule has 114 valence electrons. The smallest absolute Gasteiger partial charge is 0.117 e. The van der Waals surface area contributed by atoms with Crippen LogP contribution in [0.3, 0.4) is 0 Å². The van der Waals surface area contributed by atoms with Crippen LogP contribution in [0.5, 0.6) is 0 Å². The van der Waals surface area contributed by atoms with E-state index in [0.717, 1.165) is 25.6 Å². The Bertz CT molecular complexity index is 523. The van der Waals surface area contributed by atoms with E-state index in [0.29, 0.717) is 0 Å². The van der Waals surface area contributed by atoms with Crippen LogP contribution >= 0.6 is 0 Å². The van der Waals surface area contributed by atoms with Crippen LogP contribution in [-0.2, 0) is 6.54 Å². The van der Waals surface area contributed by atoms with Crippen LogP contribution in [0, 0.1) is 12.8 Å². The Balaban J connectivity index is 1.73. The molecule has 2 atom stereocenters. The van der Waals surface area contributed by atoms with Crippen molar-refractivity contribution in [1.82, 2.24) is 10.6 Å². The summed E-state index contributed by atoms with van der Waals surface area (Å²) in [6.07, 6.45) is 5.09. The van der Waals surface area contributed by atoms with Gasteiger partial charge in [-0.05, 0) is 36.8 Å². The largest absolute Gasteiger partial charge is 0.368 e. The van der Waals surface area contributed by atoms with Crippen LogP contribution in [0.4, 0.5) is 0 Å². The second-order valence-electron chi connectivity index (χ2n) is 6.72. The maximum Gasteiger partial charge on any atom is 0.117 e. The van der Waals surface area contributed by atoms with Crippen molar-refractivity contribution in [2.75, 3.05) is 13.1 Å². The highest BCUT2D eigenvalue weighted by atomic mass is 15.2. The van der Waals surface area contributed by atoms with E-state index in [-0.39, 0.29) is 5.54 Å². The van der Waals surface area contributed by atoms with Gasteiger partial charge in [0.25, 0.3) is 0 Å². The van der Waals surface area contributed by atoms with Gasteiger partial charge in [-0.25, -0.2) is 0 Å². The fraction of sp³-hybridized carbons (Fsp3) is 0.611. The molecule has 0 amide bonds. The summed E-state index contributed by atoms with van der Waals surface area (Å²) in [6, 6.07) is 8.60. The first-order valence-corrected chi connectivity index (χ1v) is 8.28. The fourth-order valence-electron chi connectivity index (χ4n) is 3.84. The number of hydrogen-bond donors (Lipinski definition) is 2. The van der Waals surface area contributed by atoms with E-state index in [4.69, 9.17) is 4.99 Å². The number of nitrogens with one attached hydrogen (secondary N) is 2. The molecule has 3 nitrogen and oxygen atoms in total. The minimum absolute atomic E-state index is 0.110. The number of aliphatic imine (C=N–C) groups is 1. The van der Waals surface area contributed by atoms with Crippen molar-refractivity contribution in [3.8, 4) is 0 Å². The van der Waals surface area contributed by atoms with Crippen LogP contribution in [0.25, 0.3) is 0 Å². The Kier molecular flexibility index (Phi) is 4.29. The number of benzene rings is 1. The lowest BCUT2D eigenvalue weighted by atomic mass is 9.75. The number of nitrogens with zero attached hydrogens (tertiary/aromatic N) is 1. The third kappa shape index (κ3) is 3.13. The van der Waals surface area contributed by atoms with Crippen LogP contribution < -0.4 is 10.6 Å². The summed E-state index contributed by atoms with van der Waals surface area (Å²) < 4.78 is 0. The Morgan fingerprint density at radius 2 is 2.24 bits per heavy atom. The molecule has 21 heavy (non-hydrogen) atoms. The Morgan fingerprint density at radius 3 is 3.05 bits per heavy atom. The maximum atomic E-state index is 4.83. The number of hydrogen-bond acceptors (Lipinski definition) is 3. The predicted molar refractivity (Wildman–Crippen MR) is 88.7 cm³/mol. The second-order valence-corrected chi connectivity index (χ2v) is 6.72. The molecule has 1 aromatic rings. The molecule has 3 heteroatoms. The molecule has 0 radical (unpaired) electrons. The first-order chi connectivity index (χ1) is 10.2. The molecular weight excluding hydrogens is 258 g/mol. The van der Waals surface area contributed by atoms with E-state index in [2.05, 4.69) is 48.7 Å². The molecule has 3 rings (SSSR count). The summed E-state index contributed by atoms with van der Waals surface area (Å²) in [5.41, 5.74) is 2.82. The van der Waals surface area contributed by atoms with Crippen molar-refractivity contribution in [2.45, 2.75) is 51.6 Å². The molecule has 1 saturated carbocycles. The molecule has 0 unspecified atom stereocenters. The van der Waals surface area contributed by atoms with Gasteiger partial charge in [-0.3, -0.25) is 4.99 Å². The third-order valence-corrected chi connectivity index (χ3v) is 5.00. The number of aryl methyl sites for hydroxylation is 1. The van der Waals surface area contributed by atoms with E-state index in [1.165, 1.54) is 42.6 Å². The average Bonchev–Trinajstić information content (AvgIpc) is 2.48. The van der Waals surface area contributed by atoms with E-state index in [1.54, 1.807) is 0 Å². The van der Waals surface area contributed by atoms with Crippen molar-refractivity contribution in [1.29, 1.82) is 0 Å². The standard InChI is InChI=1S/C18H27N3/c1-14-6-5-9-18(12-14)17(19-10-11-21-18)20-13-16-8-4-3-7-15(16)2/h3-4,7-8,14,21H,5-6,9-13H2,1-2H3,(H,19,20)/t14-,18-/m0/s1. The highest BCUT2D eigenvalue weighted by molar-refractivity contribution is 5.92. The average molecular weight is 285 g/mol. The van der Waals surface area contributed by atoms with Gasteiger partial charge < -0.3 is 10.6 Å². The van der Waals surface area contributed by atoms with Crippen molar-refractivity contribution in [3.05, 3.63) is 35.4 Å². The summed E-state index contributed by atoms with van der Waals surface area (Å²) in [4.78, 5) is 4.83. The van der Waals surface area contributed by atoms with Gasteiger partial charge in [0.05, 0.1) is 12.1 Å². The van der Waals surface area contributed by atoms with Crippen molar-refractivity contribution in [3.63, 3.8) is 0 Å². The van der Waals surface area contributed by atoms with Crippen LogP contribution in [-0.4, -0.2) is 24.5 Å². The SMILES string of the molecule is Cc1ccccc1CNC1=NCCN[C@]12CCC[C@H](C)C2. The zero-order valence-corrected chi connectivity index (χ0v) is 13.3. The van der Waals surface area contributed by atoms with Crippen LogP contribution in [0.2, 0.25) is 0 Å². The van der Waals surface area contributed by atoms with Crippen molar-refractivity contribution in [2.24, 2.45) is 10.9 Å². The van der Waals surface area contributed by atoms with Crippen molar-refractivity contribution < 1.29 is 0 Å². The molecule has 1 spiro atoms. The second kappa shape index (κ2) is 6.18. The monoisotopic (exact) mass is 285 g/mol. The first kappa shape index (κ1) is 14.6. The first-order valence-electron chi connectivity index (χ1n) is 8.28. The van der Waals surface area contributed by atoms with Gasteiger partial charge in [0.2, 0.25) is 0 Å². The van der Waals surface area contributed by atoms with E-state index in [9.17, 15) is 0 Å². The van der Waals surface area contributed by atoms with Gasteiger partial charge in [-0.15, -0.1) is 0 Å². The number of amidine groups is 1. The molecule has 1 aliphatic carbocycles. The van der Waals surface area contributed by atoms with E-state index >= 15 is 0 Å². The summed E-state index contributed by atoms with van der Waals surface area (Å²) in [5, 5.41) is 7.42. The molecular formula is C18H27N3. The van der Waals surface area contributed by atoms with Gasteiger partial charge in [-0.1, -0.05) is 44.0 Å². The van der Waals surface area contributed by atoms with Crippen molar-refractivity contribution >= 4 is 5.84 Å². The molecule has 1 aromatic carbocycles. The summed E-state index contributed by atoms with van der Waals surface area (Å²) in [6.45, 7) is 7.34. The topological polar surface area (TPSA) is 36.4 Å². The van der Waals surface area contributed by atoms with E-state index < -0.39 is 0 Å². The van der Waals surface area contributed by atoms with Crippen LogP contribution in [0.15, 0.2) is 29.3 Å². The summed E-state index contributed by atoms with van der Waals surface area (Å²) in [5.74, 6) is 1.98. The third-order valence-electron chi connectivity index (χ3n) is 5.00. The van der Waals surface area contributed by atoms with Gasteiger partial charge in [0.1, 0.15) is 5.84 Å². The Hall–Kier alpha value is -1.35. The maximum absolute atomic E-state index is 4.83. The molecule has 2 N–H and O–H groups in total. The van der Waals surface area contributed by atoms with Gasteiger partial charge in [0, 0.05) is 13.1 Å². The van der Waals surface area contributed by atoms with Gasteiger partial charge >= 0.3 is 0 Å². The highest BCUT2D eigenvalue weighted by Gasteiger charge is 2.40. The molecule has 2 aliphatic rings. The van der Waals surface area contributed by atoms with Crippen LogP contribution in [0.1, 0.15) is 43.7 Å². The Labute approximate surface area is 128 Å². The molecule has 0 saturated heterocycles. The zero-order valence-electron chi connectivity index (χ0n) is 13.3. The predicted octanol–water partition coefficient (Wildman–Crippen LogP) is 3.04. The molecule has 1 heterocycles. The molecule has 0 aromatic heterocycles. The lowest BCUT2D eigenvalue weighted by molar-refractivity contribution is 0.243. The fourth-order valence-corrected chi connectivity index (χ4v) is 3.84. The molecule has 0 bridgehead atoms. The number of rotatable bonds is 2. The van der Waals surface area contributed by atoms with E-state index in [1.807, 2.05) is 0 Å². The summed E-state index contributed by atoms with van der Waals surface area (Å²) in [7, 11) is 0. The highest BCUT2D eigenvalue weighted by Crippen LogP contribution is 2.34. The van der Waals surface area contributed by atoms with Gasteiger partial charge in [0.15, 0.2) is 0 Å². The quantitative estimate of drug-likeness (QED) is 0.876. The minimum atomic E-state index is 0.110. The lowest BCUT2D eigenvalue weighted by Crippen LogP contribution is -2.61. The summed E-state index contributed by atoms with van der Waals surface area (Å²) >= 11 is 0.